The maximum Gasteiger partial charge on any atom is 0.270 e. The van der Waals surface area contributed by atoms with Crippen LogP contribution >= 0.6 is 15.9 Å². The topological polar surface area (TPSA) is 52.4 Å². The van der Waals surface area contributed by atoms with Gasteiger partial charge in [0.1, 0.15) is 5.75 Å². The molecule has 1 aromatic rings. The molecular weight excluding hydrogens is 298 g/mol. The highest BCUT2D eigenvalue weighted by atomic mass is 79.9. The van der Waals surface area contributed by atoms with Gasteiger partial charge in [-0.15, -0.1) is 0 Å². The fourth-order valence-corrected chi connectivity index (χ4v) is 2.17. The summed E-state index contributed by atoms with van der Waals surface area (Å²) in [5, 5.41) is 11.2. The van der Waals surface area contributed by atoms with Gasteiger partial charge in [0.05, 0.1) is 11.5 Å². The normalized spacial score (nSPS) is 12.2. The molecule has 0 N–H and O–H groups in total. The van der Waals surface area contributed by atoms with Crippen LogP contribution in [0.5, 0.6) is 5.75 Å². The van der Waals surface area contributed by atoms with Gasteiger partial charge >= 0.3 is 0 Å². The summed E-state index contributed by atoms with van der Waals surface area (Å²) in [5.74, 6) is 1.22. The molecule has 0 saturated carbocycles. The summed E-state index contributed by atoms with van der Waals surface area (Å²) in [6.45, 7) is 4.93. The van der Waals surface area contributed by atoms with Crippen LogP contribution < -0.4 is 4.74 Å². The number of nitro benzene ring substituents is 1. The third-order valence-electron chi connectivity index (χ3n) is 2.70. The molecule has 0 radical (unpaired) electrons. The molecule has 1 atom stereocenters. The van der Waals surface area contributed by atoms with Crippen molar-refractivity contribution in [3.05, 3.63) is 33.9 Å². The Hall–Kier alpha value is -1.10. The van der Waals surface area contributed by atoms with E-state index in [0.717, 1.165) is 24.2 Å². The van der Waals surface area contributed by atoms with Crippen molar-refractivity contribution in [1.82, 2.24) is 0 Å². The molecule has 1 unspecified atom stereocenters. The Balaban J connectivity index is 2.73. The third-order valence-corrected chi connectivity index (χ3v) is 3.31. The number of halogens is 1. The van der Waals surface area contributed by atoms with Crippen LogP contribution in [-0.2, 0) is 5.33 Å². The van der Waals surface area contributed by atoms with Gasteiger partial charge in [-0.1, -0.05) is 36.2 Å². The third kappa shape index (κ3) is 4.29. The molecule has 18 heavy (non-hydrogen) atoms. The minimum absolute atomic E-state index is 0.0957. The second-order valence-electron chi connectivity index (χ2n) is 4.39. The van der Waals surface area contributed by atoms with Crippen molar-refractivity contribution in [3.63, 3.8) is 0 Å². The smallest absolute Gasteiger partial charge is 0.270 e. The first-order valence-electron chi connectivity index (χ1n) is 6.04. The average molecular weight is 316 g/mol. The highest BCUT2D eigenvalue weighted by molar-refractivity contribution is 9.08. The van der Waals surface area contributed by atoms with E-state index in [1.165, 1.54) is 6.07 Å². The first-order chi connectivity index (χ1) is 8.58. The van der Waals surface area contributed by atoms with Crippen LogP contribution in [0.3, 0.4) is 0 Å². The van der Waals surface area contributed by atoms with E-state index in [-0.39, 0.29) is 5.69 Å². The van der Waals surface area contributed by atoms with Crippen molar-refractivity contribution in [1.29, 1.82) is 0 Å². The van der Waals surface area contributed by atoms with E-state index in [0.29, 0.717) is 17.9 Å². The number of non-ortho nitro benzene ring substituents is 1. The standard InChI is InChI=1S/C13H18BrNO3/c1-3-4-10(2)9-18-13-6-5-12(15(16)17)7-11(13)8-14/h5-7,10H,3-4,8-9H2,1-2H3. The van der Waals surface area contributed by atoms with Gasteiger partial charge in [-0.05, 0) is 18.4 Å². The van der Waals surface area contributed by atoms with Crippen LogP contribution in [0.2, 0.25) is 0 Å². The summed E-state index contributed by atoms with van der Waals surface area (Å²) in [5.41, 5.74) is 0.909. The van der Waals surface area contributed by atoms with Gasteiger partial charge in [-0.25, -0.2) is 0 Å². The predicted molar refractivity (Wildman–Crippen MR) is 75.3 cm³/mol. The molecule has 100 valence electrons. The lowest BCUT2D eigenvalue weighted by atomic mass is 10.1. The molecule has 0 aromatic heterocycles. The lowest BCUT2D eigenvalue weighted by Gasteiger charge is -2.14. The molecule has 0 spiro atoms. The maximum atomic E-state index is 10.7. The number of rotatable bonds is 7. The molecule has 0 fully saturated rings. The summed E-state index contributed by atoms with van der Waals surface area (Å²) in [4.78, 5) is 10.3. The van der Waals surface area contributed by atoms with E-state index in [1.54, 1.807) is 12.1 Å². The number of hydrogen-bond acceptors (Lipinski definition) is 3. The van der Waals surface area contributed by atoms with E-state index < -0.39 is 4.92 Å². The Morgan fingerprint density at radius 3 is 2.78 bits per heavy atom. The lowest BCUT2D eigenvalue weighted by molar-refractivity contribution is -0.384. The van der Waals surface area contributed by atoms with Gasteiger partial charge in [0, 0.05) is 23.0 Å². The van der Waals surface area contributed by atoms with Crippen LogP contribution in [0, 0.1) is 16.0 Å². The second kappa shape index (κ2) is 7.36. The zero-order chi connectivity index (χ0) is 13.5. The summed E-state index contributed by atoms with van der Waals surface area (Å²) >= 11 is 3.33. The molecule has 0 aliphatic carbocycles. The number of benzene rings is 1. The number of ether oxygens (including phenoxy) is 1. The van der Waals surface area contributed by atoms with Crippen molar-refractivity contribution >= 4 is 21.6 Å². The fourth-order valence-electron chi connectivity index (χ4n) is 1.73. The van der Waals surface area contributed by atoms with Crippen molar-refractivity contribution in [2.75, 3.05) is 6.61 Å². The average Bonchev–Trinajstić information content (AvgIpc) is 2.36. The Bertz CT molecular complexity index is 409. The van der Waals surface area contributed by atoms with Gasteiger partial charge in [0.2, 0.25) is 0 Å². The second-order valence-corrected chi connectivity index (χ2v) is 4.95. The van der Waals surface area contributed by atoms with Crippen molar-refractivity contribution in [2.24, 2.45) is 5.92 Å². The molecule has 1 rings (SSSR count). The van der Waals surface area contributed by atoms with E-state index in [9.17, 15) is 10.1 Å². The highest BCUT2D eigenvalue weighted by Crippen LogP contribution is 2.26. The molecule has 0 aliphatic heterocycles. The number of alkyl halides is 1. The largest absolute Gasteiger partial charge is 0.493 e. The summed E-state index contributed by atoms with van der Waals surface area (Å²) in [6, 6.07) is 4.70. The minimum Gasteiger partial charge on any atom is -0.493 e. The van der Waals surface area contributed by atoms with Gasteiger partial charge in [0.15, 0.2) is 0 Å². The van der Waals surface area contributed by atoms with Crippen LogP contribution in [0.25, 0.3) is 0 Å². The Morgan fingerprint density at radius 1 is 1.50 bits per heavy atom. The maximum absolute atomic E-state index is 10.7. The number of hydrogen-bond donors (Lipinski definition) is 0. The van der Waals surface area contributed by atoms with Crippen LogP contribution in [0.15, 0.2) is 18.2 Å². The molecule has 5 heteroatoms. The molecule has 4 nitrogen and oxygen atoms in total. The molecule has 0 aliphatic rings. The van der Waals surface area contributed by atoms with E-state index in [1.807, 2.05) is 0 Å². The van der Waals surface area contributed by atoms with Gasteiger partial charge in [-0.2, -0.15) is 0 Å². The zero-order valence-corrected chi connectivity index (χ0v) is 12.3. The van der Waals surface area contributed by atoms with Gasteiger partial charge in [-0.3, -0.25) is 10.1 Å². The molecule has 0 bridgehead atoms. The quantitative estimate of drug-likeness (QED) is 0.428. The SMILES string of the molecule is CCCC(C)COc1ccc([N+](=O)[O-])cc1CBr. The number of nitro groups is 1. The fraction of sp³-hybridized carbons (Fsp3) is 0.538. The first-order valence-corrected chi connectivity index (χ1v) is 7.16. The van der Waals surface area contributed by atoms with Crippen LogP contribution in [0.4, 0.5) is 5.69 Å². The first kappa shape index (κ1) is 15.0. The van der Waals surface area contributed by atoms with E-state index >= 15 is 0 Å². The Morgan fingerprint density at radius 2 is 2.22 bits per heavy atom. The number of nitrogens with zero attached hydrogens (tertiary/aromatic N) is 1. The van der Waals surface area contributed by atoms with Crippen molar-refractivity contribution < 1.29 is 9.66 Å². The molecule has 0 heterocycles. The summed E-state index contributed by atoms with van der Waals surface area (Å²) < 4.78 is 5.72. The van der Waals surface area contributed by atoms with E-state index in [2.05, 4.69) is 29.8 Å². The predicted octanol–water partition coefficient (Wildman–Crippen LogP) is 4.30. The molecule has 1 aromatic carbocycles. The summed E-state index contributed by atoms with van der Waals surface area (Å²) in [7, 11) is 0. The van der Waals surface area contributed by atoms with Crippen molar-refractivity contribution in [3.8, 4) is 5.75 Å². The molecule has 0 amide bonds. The van der Waals surface area contributed by atoms with E-state index in [4.69, 9.17) is 4.74 Å². The van der Waals surface area contributed by atoms with Gasteiger partial charge in [0.25, 0.3) is 5.69 Å². The molecular formula is C13H18BrNO3. The lowest BCUT2D eigenvalue weighted by Crippen LogP contribution is -2.09. The zero-order valence-electron chi connectivity index (χ0n) is 10.7. The highest BCUT2D eigenvalue weighted by Gasteiger charge is 2.11. The minimum atomic E-state index is -0.393. The summed E-state index contributed by atoms with van der Waals surface area (Å²) in [6.07, 6.45) is 2.26. The van der Waals surface area contributed by atoms with Crippen LogP contribution in [0.1, 0.15) is 32.3 Å². The Kier molecular flexibility index (Phi) is 6.12. The Labute approximate surface area is 116 Å². The van der Waals surface area contributed by atoms with Crippen molar-refractivity contribution in [2.45, 2.75) is 32.0 Å². The van der Waals surface area contributed by atoms with Crippen LogP contribution in [-0.4, -0.2) is 11.5 Å². The molecule has 0 saturated heterocycles. The monoisotopic (exact) mass is 315 g/mol. The van der Waals surface area contributed by atoms with Gasteiger partial charge < -0.3 is 4.74 Å².